The Morgan fingerprint density at radius 1 is 1.22 bits per heavy atom. The quantitative estimate of drug-likeness (QED) is 0.529. The molecule has 4 heteroatoms. The van der Waals surface area contributed by atoms with E-state index < -0.39 is 12.1 Å². The van der Waals surface area contributed by atoms with E-state index in [0.717, 1.165) is 17.2 Å². The van der Waals surface area contributed by atoms with Crippen molar-refractivity contribution in [2.24, 2.45) is 0 Å². The summed E-state index contributed by atoms with van der Waals surface area (Å²) in [6, 6.07) is 4.93. The van der Waals surface area contributed by atoms with Crippen LogP contribution in [0.2, 0.25) is 0 Å². The molecule has 3 N–H and O–H groups in total. The molecule has 124 valence electrons. The third-order valence-corrected chi connectivity index (χ3v) is 3.44. The number of hydrogen-bond acceptors (Lipinski definition) is 3. The molecular formula is C19H24O4. The molecule has 0 heterocycles. The van der Waals surface area contributed by atoms with Crippen LogP contribution in [0.15, 0.2) is 47.6 Å². The van der Waals surface area contributed by atoms with Gasteiger partial charge in [-0.3, -0.25) is 0 Å². The van der Waals surface area contributed by atoms with Crippen LogP contribution in [-0.4, -0.2) is 27.4 Å². The van der Waals surface area contributed by atoms with Gasteiger partial charge in [-0.15, -0.1) is 0 Å². The lowest BCUT2D eigenvalue weighted by atomic mass is 10.0. The molecule has 0 fully saturated rings. The fourth-order valence-electron chi connectivity index (χ4n) is 1.98. The maximum Gasteiger partial charge on any atom is 0.328 e. The Labute approximate surface area is 137 Å². The van der Waals surface area contributed by atoms with Crippen molar-refractivity contribution in [3.63, 3.8) is 0 Å². The summed E-state index contributed by atoms with van der Waals surface area (Å²) in [6.45, 7) is 5.83. The Kier molecular flexibility index (Phi) is 7.29. The number of aromatic hydroxyl groups is 1. The highest BCUT2D eigenvalue weighted by Gasteiger charge is 2.06. The molecule has 1 rings (SSSR count). The van der Waals surface area contributed by atoms with E-state index in [9.17, 15) is 15.0 Å². The molecule has 4 nitrogen and oxygen atoms in total. The minimum Gasteiger partial charge on any atom is -0.508 e. The molecule has 0 aliphatic heterocycles. The second-order valence-electron chi connectivity index (χ2n) is 5.74. The maximum absolute atomic E-state index is 10.5. The second-order valence-corrected chi connectivity index (χ2v) is 5.74. The number of rotatable bonds is 7. The van der Waals surface area contributed by atoms with Crippen molar-refractivity contribution in [1.29, 1.82) is 0 Å². The van der Waals surface area contributed by atoms with Gasteiger partial charge in [0.05, 0.1) is 6.10 Å². The number of carbonyl (C=O) groups is 1. The highest BCUT2D eigenvalue weighted by Crippen LogP contribution is 2.21. The number of benzene rings is 1. The van der Waals surface area contributed by atoms with E-state index in [-0.39, 0.29) is 5.75 Å². The minimum absolute atomic E-state index is 0.153. The van der Waals surface area contributed by atoms with Crippen LogP contribution in [0.4, 0.5) is 0 Å². The molecule has 0 unspecified atom stereocenters. The van der Waals surface area contributed by atoms with E-state index in [2.05, 4.69) is 0 Å². The summed E-state index contributed by atoms with van der Waals surface area (Å²) in [7, 11) is 0. The normalized spacial score (nSPS) is 13.1. The molecule has 0 amide bonds. The molecule has 23 heavy (non-hydrogen) atoms. The fourth-order valence-corrected chi connectivity index (χ4v) is 1.98. The zero-order valence-corrected chi connectivity index (χ0v) is 13.8. The van der Waals surface area contributed by atoms with Crippen molar-refractivity contribution in [2.45, 2.75) is 39.7 Å². The Bertz CT molecular complexity index is 635. The van der Waals surface area contributed by atoms with Gasteiger partial charge in [-0.25, -0.2) is 4.79 Å². The Balaban J connectivity index is 2.83. The average molecular weight is 316 g/mol. The first kappa shape index (κ1) is 18.7. The third kappa shape index (κ3) is 6.98. The number of aliphatic carboxylic acids is 1. The van der Waals surface area contributed by atoms with Gasteiger partial charge < -0.3 is 15.3 Å². The molecule has 0 saturated carbocycles. The molecule has 1 atom stereocenters. The van der Waals surface area contributed by atoms with Crippen LogP contribution in [0.1, 0.15) is 38.3 Å². The van der Waals surface area contributed by atoms with Crippen molar-refractivity contribution in [3.8, 4) is 5.75 Å². The zero-order valence-electron chi connectivity index (χ0n) is 13.8. The van der Waals surface area contributed by atoms with Gasteiger partial charge in [0.2, 0.25) is 0 Å². The zero-order chi connectivity index (χ0) is 17.4. The number of carboxylic acids is 1. The summed E-state index contributed by atoms with van der Waals surface area (Å²) in [4.78, 5) is 10.5. The van der Waals surface area contributed by atoms with Crippen LogP contribution in [-0.2, 0) is 11.2 Å². The van der Waals surface area contributed by atoms with Crippen molar-refractivity contribution < 1.29 is 20.1 Å². The molecule has 1 aromatic carbocycles. The van der Waals surface area contributed by atoms with E-state index in [1.165, 1.54) is 6.08 Å². The van der Waals surface area contributed by atoms with E-state index in [0.29, 0.717) is 24.0 Å². The van der Waals surface area contributed by atoms with Gasteiger partial charge >= 0.3 is 5.97 Å². The topological polar surface area (TPSA) is 77.8 Å². The van der Waals surface area contributed by atoms with Crippen LogP contribution in [0.25, 0.3) is 6.08 Å². The van der Waals surface area contributed by atoms with Gasteiger partial charge in [0, 0.05) is 6.08 Å². The number of hydrogen-bond donors (Lipinski definition) is 3. The van der Waals surface area contributed by atoms with Crippen LogP contribution < -0.4 is 0 Å². The minimum atomic E-state index is -1.02. The van der Waals surface area contributed by atoms with Crippen LogP contribution >= 0.6 is 0 Å². The fraction of sp³-hybridized carbons (Fsp3) is 0.316. The van der Waals surface area contributed by atoms with Crippen LogP contribution in [0.5, 0.6) is 5.75 Å². The van der Waals surface area contributed by atoms with E-state index >= 15 is 0 Å². The molecule has 0 radical (unpaired) electrons. The number of phenolic OH excluding ortho intramolecular Hbond substituents is 1. The van der Waals surface area contributed by atoms with Crippen molar-refractivity contribution in [1.82, 2.24) is 0 Å². The standard InChI is InChI=1S/C19H24O4/c1-13(2)4-9-17(20)14(3)5-8-16-12-15(6-10-18(16)21)7-11-19(22)23/h4-7,10-12,17,20-21H,8-9H2,1-3H3,(H,22,23)/b11-7-,14-5+/t17-/m1/s1. The molecular weight excluding hydrogens is 292 g/mol. The van der Waals surface area contributed by atoms with E-state index in [1.807, 2.05) is 32.9 Å². The molecule has 1 aromatic rings. The summed E-state index contributed by atoms with van der Waals surface area (Å²) in [5, 5.41) is 28.6. The van der Waals surface area contributed by atoms with Gasteiger partial charge in [-0.2, -0.15) is 0 Å². The summed E-state index contributed by atoms with van der Waals surface area (Å²) in [5.41, 5.74) is 3.39. The van der Waals surface area contributed by atoms with Gasteiger partial charge in [0.1, 0.15) is 5.75 Å². The lowest BCUT2D eigenvalue weighted by Crippen LogP contribution is -2.07. The van der Waals surface area contributed by atoms with Gasteiger partial charge in [-0.1, -0.05) is 23.8 Å². The molecule has 0 aliphatic carbocycles. The van der Waals surface area contributed by atoms with Gasteiger partial charge in [0.15, 0.2) is 0 Å². The second kappa shape index (κ2) is 8.96. The molecule has 0 aromatic heterocycles. The summed E-state index contributed by atoms with van der Waals surface area (Å²) in [6.07, 6.45) is 6.89. The Morgan fingerprint density at radius 2 is 1.91 bits per heavy atom. The van der Waals surface area contributed by atoms with Crippen molar-refractivity contribution >= 4 is 12.0 Å². The first-order chi connectivity index (χ1) is 10.8. The summed E-state index contributed by atoms with van der Waals surface area (Å²) < 4.78 is 0. The molecule has 0 saturated heterocycles. The van der Waals surface area contributed by atoms with Crippen LogP contribution in [0.3, 0.4) is 0 Å². The highest BCUT2D eigenvalue weighted by molar-refractivity contribution is 5.85. The van der Waals surface area contributed by atoms with E-state index in [1.54, 1.807) is 18.2 Å². The van der Waals surface area contributed by atoms with Gasteiger partial charge in [-0.05, 0) is 68.5 Å². The Hall–Kier alpha value is -2.33. The number of aliphatic hydroxyl groups excluding tert-OH is 1. The lowest BCUT2D eigenvalue weighted by molar-refractivity contribution is -0.131. The smallest absolute Gasteiger partial charge is 0.328 e. The highest BCUT2D eigenvalue weighted by atomic mass is 16.4. The number of aliphatic hydroxyl groups is 1. The summed E-state index contributed by atoms with van der Waals surface area (Å²) >= 11 is 0. The lowest BCUT2D eigenvalue weighted by Gasteiger charge is -2.10. The number of carboxylic acid groups (broad SMARTS) is 1. The Morgan fingerprint density at radius 3 is 2.52 bits per heavy atom. The predicted octanol–water partition coefficient (Wildman–Crippen LogP) is 3.70. The first-order valence-corrected chi connectivity index (χ1v) is 7.50. The molecule has 0 aliphatic rings. The molecule has 0 bridgehead atoms. The first-order valence-electron chi connectivity index (χ1n) is 7.50. The van der Waals surface area contributed by atoms with Crippen molar-refractivity contribution in [3.05, 3.63) is 58.7 Å². The van der Waals surface area contributed by atoms with E-state index in [4.69, 9.17) is 5.11 Å². The summed E-state index contributed by atoms with van der Waals surface area (Å²) in [5.74, 6) is -0.863. The average Bonchev–Trinajstić information content (AvgIpc) is 2.49. The monoisotopic (exact) mass is 316 g/mol. The number of allylic oxidation sites excluding steroid dienone is 2. The van der Waals surface area contributed by atoms with Gasteiger partial charge in [0.25, 0.3) is 0 Å². The van der Waals surface area contributed by atoms with Crippen LogP contribution in [0, 0.1) is 0 Å². The largest absolute Gasteiger partial charge is 0.508 e. The SMILES string of the molecule is CC(C)=CC[C@@H](O)/C(C)=C/Cc1cc(/C=C\C(=O)O)ccc1O. The third-order valence-electron chi connectivity index (χ3n) is 3.44. The van der Waals surface area contributed by atoms with Crippen molar-refractivity contribution in [2.75, 3.05) is 0 Å². The molecule has 0 spiro atoms. The number of phenols is 1. The predicted molar refractivity (Wildman–Crippen MR) is 92.3 cm³/mol. The maximum atomic E-state index is 10.5.